The molecule has 36 heavy (non-hydrogen) atoms. The molecule has 0 fully saturated rings. The Morgan fingerprint density at radius 3 is 2.19 bits per heavy atom. The predicted molar refractivity (Wildman–Crippen MR) is 132 cm³/mol. The highest BCUT2D eigenvalue weighted by molar-refractivity contribution is 6.11. The Bertz CT molecular complexity index is 1360. The normalized spacial score (nSPS) is 10.7. The summed E-state index contributed by atoms with van der Waals surface area (Å²) in [6.45, 7) is 2.06. The number of nitrogens with one attached hydrogen (secondary N) is 1. The largest absolute Gasteiger partial charge is 0.497 e. The van der Waals surface area contributed by atoms with E-state index >= 15 is 0 Å². The number of anilines is 1. The lowest BCUT2D eigenvalue weighted by Gasteiger charge is -2.13. The van der Waals surface area contributed by atoms with Crippen molar-refractivity contribution in [2.45, 2.75) is 13.5 Å². The monoisotopic (exact) mass is 490 g/mol. The summed E-state index contributed by atoms with van der Waals surface area (Å²) in [6.07, 6.45) is 1.70. The van der Waals surface area contributed by atoms with E-state index < -0.39 is 29.1 Å². The predicted octanol–water partition coefficient (Wildman–Crippen LogP) is 5.92. The summed E-state index contributed by atoms with van der Waals surface area (Å²) in [4.78, 5) is 26.2. The standard InChI is InChI=1S/C28H24F2N2O4/c1-3-36-28(34)26-25(31-27(33)24-22(29)10-7-11-23(24)30)21(19-12-14-20(35-2)15-13-19)17-32(26)16-18-8-5-4-6-9-18/h4-15,17H,3,16H2,1-2H3,(H,31,33). The summed E-state index contributed by atoms with van der Waals surface area (Å²) < 4.78 is 40.9. The van der Waals surface area contributed by atoms with Crippen LogP contribution in [-0.4, -0.2) is 30.2 Å². The SMILES string of the molecule is CCOC(=O)c1c(NC(=O)c2c(F)cccc2F)c(-c2ccc(OC)cc2)cn1Cc1ccccc1. The molecule has 0 bridgehead atoms. The zero-order chi connectivity index (χ0) is 25.7. The number of hydrogen-bond donors (Lipinski definition) is 1. The molecule has 184 valence electrons. The fraction of sp³-hybridized carbons (Fsp3) is 0.143. The molecule has 0 aliphatic carbocycles. The van der Waals surface area contributed by atoms with Crippen molar-refractivity contribution in [3.05, 3.63) is 107 Å². The molecular weight excluding hydrogens is 466 g/mol. The molecule has 0 radical (unpaired) electrons. The summed E-state index contributed by atoms with van der Waals surface area (Å²) in [5.74, 6) is -3.12. The van der Waals surface area contributed by atoms with Gasteiger partial charge >= 0.3 is 5.97 Å². The van der Waals surface area contributed by atoms with Gasteiger partial charge in [-0.3, -0.25) is 4.79 Å². The lowest BCUT2D eigenvalue weighted by Crippen LogP contribution is -2.20. The Labute approximate surface area is 207 Å². The molecule has 1 N–H and O–H groups in total. The zero-order valence-electron chi connectivity index (χ0n) is 19.8. The Hall–Kier alpha value is -4.46. The van der Waals surface area contributed by atoms with E-state index in [1.165, 1.54) is 6.07 Å². The summed E-state index contributed by atoms with van der Waals surface area (Å²) in [7, 11) is 1.54. The molecule has 3 aromatic carbocycles. The smallest absolute Gasteiger partial charge is 0.357 e. The van der Waals surface area contributed by atoms with Gasteiger partial charge in [-0.25, -0.2) is 13.6 Å². The molecule has 0 saturated heterocycles. The molecule has 0 saturated carbocycles. The molecule has 1 aromatic heterocycles. The number of hydrogen-bond acceptors (Lipinski definition) is 4. The van der Waals surface area contributed by atoms with Crippen LogP contribution in [0.5, 0.6) is 5.75 Å². The zero-order valence-corrected chi connectivity index (χ0v) is 19.8. The van der Waals surface area contributed by atoms with Crippen molar-refractivity contribution < 1.29 is 27.8 Å². The second-order valence-electron chi connectivity index (χ2n) is 7.88. The highest BCUT2D eigenvalue weighted by Gasteiger charge is 2.27. The molecule has 4 aromatic rings. The van der Waals surface area contributed by atoms with Crippen molar-refractivity contribution in [2.24, 2.45) is 0 Å². The number of carbonyl (C=O) groups excluding carboxylic acids is 2. The number of esters is 1. The van der Waals surface area contributed by atoms with E-state index in [9.17, 15) is 18.4 Å². The molecule has 0 aliphatic heterocycles. The number of ether oxygens (including phenoxy) is 2. The lowest BCUT2D eigenvalue weighted by atomic mass is 10.1. The van der Waals surface area contributed by atoms with Gasteiger partial charge in [0, 0.05) is 18.3 Å². The van der Waals surface area contributed by atoms with Crippen LogP contribution in [0.4, 0.5) is 14.5 Å². The van der Waals surface area contributed by atoms with Gasteiger partial charge in [-0.2, -0.15) is 0 Å². The first-order valence-electron chi connectivity index (χ1n) is 11.3. The van der Waals surface area contributed by atoms with E-state index in [0.29, 0.717) is 23.4 Å². The van der Waals surface area contributed by atoms with Gasteiger partial charge in [0.2, 0.25) is 0 Å². The first-order chi connectivity index (χ1) is 17.4. The Morgan fingerprint density at radius 2 is 1.58 bits per heavy atom. The maximum atomic E-state index is 14.4. The summed E-state index contributed by atoms with van der Waals surface area (Å²) >= 11 is 0. The minimum Gasteiger partial charge on any atom is -0.497 e. The summed E-state index contributed by atoms with van der Waals surface area (Å²) in [5, 5.41) is 2.58. The van der Waals surface area contributed by atoms with Crippen LogP contribution in [0.25, 0.3) is 11.1 Å². The van der Waals surface area contributed by atoms with E-state index in [1.54, 1.807) is 49.1 Å². The Balaban J connectivity index is 1.88. The van der Waals surface area contributed by atoms with Gasteiger partial charge in [-0.05, 0) is 42.3 Å². The molecule has 0 aliphatic rings. The van der Waals surface area contributed by atoms with Crippen LogP contribution >= 0.6 is 0 Å². The average molecular weight is 491 g/mol. The molecule has 6 nitrogen and oxygen atoms in total. The first kappa shape index (κ1) is 24.7. The quantitative estimate of drug-likeness (QED) is 0.311. The lowest BCUT2D eigenvalue weighted by molar-refractivity contribution is 0.0515. The third-order valence-corrected chi connectivity index (χ3v) is 5.57. The highest BCUT2D eigenvalue weighted by atomic mass is 19.1. The number of methoxy groups -OCH3 is 1. The van der Waals surface area contributed by atoms with Crippen LogP contribution in [0.1, 0.15) is 33.3 Å². The minimum absolute atomic E-state index is 0.0524. The van der Waals surface area contributed by atoms with E-state index in [4.69, 9.17) is 9.47 Å². The molecule has 0 spiro atoms. The number of nitrogens with zero attached hydrogens (tertiary/aromatic N) is 1. The fourth-order valence-corrected chi connectivity index (χ4v) is 3.89. The van der Waals surface area contributed by atoms with Crippen molar-refractivity contribution in [1.82, 2.24) is 4.57 Å². The van der Waals surface area contributed by atoms with Gasteiger partial charge in [0.1, 0.15) is 22.9 Å². The number of rotatable bonds is 8. The van der Waals surface area contributed by atoms with Gasteiger partial charge in [-0.15, -0.1) is 0 Å². The van der Waals surface area contributed by atoms with Crippen LogP contribution in [0, 0.1) is 11.6 Å². The van der Waals surface area contributed by atoms with Crippen LogP contribution in [-0.2, 0) is 11.3 Å². The van der Waals surface area contributed by atoms with Crippen molar-refractivity contribution >= 4 is 17.6 Å². The number of halogens is 2. The van der Waals surface area contributed by atoms with Gasteiger partial charge in [0.25, 0.3) is 5.91 Å². The van der Waals surface area contributed by atoms with Gasteiger partial charge < -0.3 is 19.4 Å². The van der Waals surface area contributed by atoms with Gasteiger partial charge in [0.15, 0.2) is 5.69 Å². The number of carbonyl (C=O) groups is 2. The van der Waals surface area contributed by atoms with Crippen molar-refractivity contribution in [2.75, 3.05) is 19.0 Å². The van der Waals surface area contributed by atoms with Crippen LogP contribution in [0.15, 0.2) is 79.0 Å². The van der Waals surface area contributed by atoms with Crippen molar-refractivity contribution in [1.29, 1.82) is 0 Å². The molecule has 0 unspecified atom stereocenters. The molecular formula is C28H24F2N2O4. The van der Waals surface area contributed by atoms with Crippen LogP contribution in [0.2, 0.25) is 0 Å². The third kappa shape index (κ3) is 5.12. The van der Waals surface area contributed by atoms with Gasteiger partial charge in [0.05, 0.1) is 19.4 Å². The average Bonchev–Trinajstić information content (AvgIpc) is 3.22. The van der Waals surface area contributed by atoms with E-state index in [0.717, 1.165) is 17.7 Å². The Kier molecular flexibility index (Phi) is 7.44. The van der Waals surface area contributed by atoms with E-state index in [1.807, 2.05) is 30.3 Å². The second kappa shape index (κ2) is 10.9. The number of aromatic nitrogens is 1. The van der Waals surface area contributed by atoms with Crippen LogP contribution in [0.3, 0.4) is 0 Å². The maximum absolute atomic E-state index is 14.4. The minimum atomic E-state index is -1.02. The number of amides is 1. The van der Waals surface area contributed by atoms with Crippen molar-refractivity contribution in [3.63, 3.8) is 0 Å². The van der Waals surface area contributed by atoms with E-state index in [2.05, 4.69) is 5.32 Å². The fourth-order valence-electron chi connectivity index (χ4n) is 3.89. The third-order valence-electron chi connectivity index (χ3n) is 5.57. The molecule has 1 amide bonds. The highest BCUT2D eigenvalue weighted by Crippen LogP contribution is 2.36. The molecule has 4 rings (SSSR count). The first-order valence-corrected chi connectivity index (χ1v) is 11.3. The van der Waals surface area contributed by atoms with Gasteiger partial charge in [-0.1, -0.05) is 48.5 Å². The molecule has 8 heteroatoms. The summed E-state index contributed by atoms with van der Waals surface area (Å²) in [6, 6.07) is 19.6. The molecule has 1 heterocycles. The summed E-state index contributed by atoms with van der Waals surface area (Å²) in [5.41, 5.74) is 1.42. The topological polar surface area (TPSA) is 69.6 Å². The maximum Gasteiger partial charge on any atom is 0.357 e. The second-order valence-corrected chi connectivity index (χ2v) is 7.88. The Morgan fingerprint density at radius 1 is 0.917 bits per heavy atom. The number of benzene rings is 3. The molecule has 0 atom stereocenters. The van der Waals surface area contributed by atoms with Crippen LogP contribution < -0.4 is 10.1 Å². The van der Waals surface area contributed by atoms with E-state index in [-0.39, 0.29) is 18.0 Å². The van der Waals surface area contributed by atoms with Crippen molar-refractivity contribution in [3.8, 4) is 16.9 Å².